The van der Waals surface area contributed by atoms with Crippen LogP contribution in [0.3, 0.4) is 0 Å². The molecule has 1 N–H and O–H groups in total. The first-order valence-electron chi connectivity index (χ1n) is 11.9. The maximum absolute atomic E-state index is 12.8. The van der Waals surface area contributed by atoms with E-state index in [-0.39, 0.29) is 18.9 Å². The van der Waals surface area contributed by atoms with Gasteiger partial charge in [0.25, 0.3) is 0 Å². The summed E-state index contributed by atoms with van der Waals surface area (Å²) in [7, 11) is 0. The average molecular weight is 471 g/mol. The van der Waals surface area contributed by atoms with Crippen LogP contribution in [0, 0.1) is 0 Å². The van der Waals surface area contributed by atoms with Crippen molar-refractivity contribution in [3.63, 3.8) is 0 Å². The second-order valence-electron chi connectivity index (χ2n) is 8.23. The van der Waals surface area contributed by atoms with E-state index in [9.17, 15) is 9.59 Å². The number of aryl methyl sites for hydroxylation is 2. The predicted octanol–water partition coefficient (Wildman–Crippen LogP) is 5.32. The summed E-state index contributed by atoms with van der Waals surface area (Å²) in [4.78, 5) is 30.1. The Labute approximate surface area is 205 Å². The van der Waals surface area contributed by atoms with Crippen molar-refractivity contribution >= 4 is 17.6 Å². The van der Waals surface area contributed by atoms with E-state index in [2.05, 4.69) is 17.2 Å². The van der Waals surface area contributed by atoms with Gasteiger partial charge in [-0.25, -0.2) is 9.78 Å². The van der Waals surface area contributed by atoms with Gasteiger partial charge in [-0.15, -0.1) is 0 Å². The van der Waals surface area contributed by atoms with E-state index in [1.54, 1.807) is 18.7 Å². The smallest absolute Gasteiger partial charge is 0.342 e. The molecule has 0 radical (unpaired) electrons. The van der Waals surface area contributed by atoms with E-state index in [0.717, 1.165) is 28.9 Å². The molecular weight excluding hydrogens is 440 g/mol. The van der Waals surface area contributed by atoms with E-state index >= 15 is 0 Å². The molecule has 0 aliphatic rings. The van der Waals surface area contributed by atoms with Crippen molar-refractivity contribution in [3.05, 3.63) is 96.2 Å². The Morgan fingerprint density at radius 3 is 2.37 bits per heavy atom. The number of amides is 1. The standard InChI is InChI=1S/C28H30N4O3/c1-3-25-27(22-13-9-6-10-14-22)29-20-32(25)16-15-26(33)30-24-18-31(4-2)17-23(24)28(34)35-19-21-11-7-5-8-12-21/h5-14,17-18,20H,3-4,15-16,19H2,1-2H3,(H,30,33). The van der Waals surface area contributed by atoms with E-state index in [4.69, 9.17) is 4.74 Å². The van der Waals surface area contributed by atoms with Crippen molar-refractivity contribution in [2.24, 2.45) is 0 Å². The van der Waals surface area contributed by atoms with Gasteiger partial charge in [-0.05, 0) is 18.9 Å². The Morgan fingerprint density at radius 1 is 0.971 bits per heavy atom. The monoisotopic (exact) mass is 470 g/mol. The van der Waals surface area contributed by atoms with Gasteiger partial charge in [0.1, 0.15) is 12.2 Å². The number of anilines is 1. The topological polar surface area (TPSA) is 78.2 Å². The first kappa shape index (κ1) is 24.0. The molecule has 0 bridgehead atoms. The van der Waals surface area contributed by atoms with Crippen molar-refractivity contribution in [1.29, 1.82) is 0 Å². The van der Waals surface area contributed by atoms with Crippen LogP contribution in [0.5, 0.6) is 0 Å². The molecule has 180 valence electrons. The third kappa shape index (κ3) is 5.87. The van der Waals surface area contributed by atoms with Crippen LogP contribution in [-0.2, 0) is 35.6 Å². The quantitative estimate of drug-likeness (QED) is 0.318. The lowest BCUT2D eigenvalue weighted by molar-refractivity contribution is -0.116. The predicted molar refractivity (Wildman–Crippen MR) is 136 cm³/mol. The first-order valence-corrected chi connectivity index (χ1v) is 11.9. The lowest BCUT2D eigenvalue weighted by Gasteiger charge is -2.10. The summed E-state index contributed by atoms with van der Waals surface area (Å²) in [5.41, 5.74) is 4.80. The van der Waals surface area contributed by atoms with Gasteiger partial charge in [0.2, 0.25) is 5.91 Å². The lowest BCUT2D eigenvalue weighted by atomic mass is 10.1. The molecule has 2 aromatic heterocycles. The summed E-state index contributed by atoms with van der Waals surface area (Å²) >= 11 is 0. The highest BCUT2D eigenvalue weighted by Crippen LogP contribution is 2.23. The molecule has 2 aromatic carbocycles. The van der Waals surface area contributed by atoms with Gasteiger partial charge in [0.15, 0.2) is 0 Å². The fraction of sp³-hybridized carbons (Fsp3) is 0.250. The largest absolute Gasteiger partial charge is 0.457 e. The number of hydrogen-bond donors (Lipinski definition) is 1. The summed E-state index contributed by atoms with van der Waals surface area (Å²) in [6.45, 7) is 5.40. The fourth-order valence-electron chi connectivity index (χ4n) is 4.00. The minimum absolute atomic E-state index is 0.173. The maximum atomic E-state index is 12.8. The maximum Gasteiger partial charge on any atom is 0.342 e. The third-order valence-corrected chi connectivity index (χ3v) is 5.86. The molecule has 0 aliphatic heterocycles. The fourth-order valence-corrected chi connectivity index (χ4v) is 4.00. The number of ether oxygens (including phenoxy) is 1. The van der Waals surface area contributed by atoms with Gasteiger partial charge in [-0.2, -0.15) is 0 Å². The zero-order chi connectivity index (χ0) is 24.6. The molecule has 0 fully saturated rings. The lowest BCUT2D eigenvalue weighted by Crippen LogP contribution is -2.17. The second-order valence-corrected chi connectivity index (χ2v) is 8.23. The van der Waals surface area contributed by atoms with Gasteiger partial charge in [-0.3, -0.25) is 4.79 Å². The SMILES string of the molecule is CCc1c(-c2ccccc2)ncn1CCC(=O)Nc1cn(CC)cc1C(=O)OCc1ccccc1. The van der Waals surface area contributed by atoms with Crippen molar-refractivity contribution in [3.8, 4) is 11.3 Å². The second kappa shape index (κ2) is 11.3. The molecule has 0 aliphatic carbocycles. The Kier molecular flexibility index (Phi) is 7.77. The number of esters is 1. The van der Waals surface area contributed by atoms with Crippen molar-refractivity contribution in [1.82, 2.24) is 14.1 Å². The Bertz CT molecular complexity index is 1280. The molecule has 0 unspecified atom stereocenters. The van der Waals surface area contributed by atoms with E-state index in [1.807, 2.05) is 76.7 Å². The van der Waals surface area contributed by atoms with Crippen molar-refractivity contribution in [2.45, 2.75) is 46.4 Å². The molecule has 2 heterocycles. The number of hydrogen-bond acceptors (Lipinski definition) is 4. The van der Waals surface area contributed by atoms with Gasteiger partial charge in [-0.1, -0.05) is 67.6 Å². The summed E-state index contributed by atoms with van der Waals surface area (Å²) < 4.78 is 9.36. The number of rotatable bonds is 10. The normalized spacial score (nSPS) is 10.8. The minimum Gasteiger partial charge on any atom is -0.457 e. The van der Waals surface area contributed by atoms with Gasteiger partial charge >= 0.3 is 5.97 Å². The summed E-state index contributed by atoms with van der Waals surface area (Å²) in [5.74, 6) is -0.639. The molecule has 0 saturated carbocycles. The zero-order valence-corrected chi connectivity index (χ0v) is 20.1. The molecule has 0 spiro atoms. The highest BCUT2D eigenvalue weighted by Gasteiger charge is 2.19. The molecule has 4 rings (SSSR count). The van der Waals surface area contributed by atoms with Crippen LogP contribution < -0.4 is 5.32 Å². The van der Waals surface area contributed by atoms with Crippen molar-refractivity contribution < 1.29 is 14.3 Å². The molecule has 7 heteroatoms. The Hall–Kier alpha value is -4.13. The van der Waals surface area contributed by atoms with Crippen LogP contribution >= 0.6 is 0 Å². The van der Waals surface area contributed by atoms with Crippen LogP contribution in [0.2, 0.25) is 0 Å². The zero-order valence-electron chi connectivity index (χ0n) is 20.1. The van der Waals surface area contributed by atoms with Crippen LogP contribution in [0.4, 0.5) is 5.69 Å². The van der Waals surface area contributed by atoms with Crippen LogP contribution in [-0.4, -0.2) is 26.0 Å². The highest BCUT2D eigenvalue weighted by molar-refractivity contribution is 6.01. The van der Waals surface area contributed by atoms with E-state index < -0.39 is 5.97 Å². The number of benzene rings is 2. The molecule has 0 atom stereocenters. The molecule has 7 nitrogen and oxygen atoms in total. The Morgan fingerprint density at radius 2 is 1.69 bits per heavy atom. The van der Waals surface area contributed by atoms with Gasteiger partial charge < -0.3 is 19.2 Å². The van der Waals surface area contributed by atoms with Crippen LogP contribution in [0.15, 0.2) is 79.4 Å². The Balaban J connectivity index is 1.41. The minimum atomic E-state index is -0.466. The molecular formula is C28H30N4O3. The van der Waals surface area contributed by atoms with Crippen LogP contribution in [0.25, 0.3) is 11.3 Å². The number of carbonyl (C=O) groups is 2. The van der Waals surface area contributed by atoms with Crippen LogP contribution in [0.1, 0.15) is 41.9 Å². The summed E-state index contributed by atoms with van der Waals surface area (Å²) in [6, 6.07) is 19.5. The van der Waals surface area contributed by atoms with Gasteiger partial charge in [0, 0.05) is 43.2 Å². The number of carbonyl (C=O) groups excluding carboxylic acids is 2. The summed E-state index contributed by atoms with van der Waals surface area (Å²) in [6.07, 6.45) is 6.32. The first-order chi connectivity index (χ1) is 17.1. The molecule has 1 amide bonds. The molecule has 35 heavy (non-hydrogen) atoms. The van der Waals surface area contributed by atoms with E-state index in [1.165, 1.54) is 0 Å². The number of imidazole rings is 1. The third-order valence-electron chi connectivity index (χ3n) is 5.86. The average Bonchev–Trinajstić information content (AvgIpc) is 3.51. The number of nitrogens with one attached hydrogen (secondary N) is 1. The molecule has 4 aromatic rings. The van der Waals surface area contributed by atoms with Gasteiger partial charge in [0.05, 0.1) is 17.7 Å². The number of nitrogens with zero attached hydrogens (tertiary/aromatic N) is 3. The highest BCUT2D eigenvalue weighted by atomic mass is 16.5. The molecule has 0 saturated heterocycles. The van der Waals surface area contributed by atoms with E-state index in [0.29, 0.717) is 24.3 Å². The summed E-state index contributed by atoms with van der Waals surface area (Å²) in [5, 5.41) is 2.90. The van der Waals surface area contributed by atoms with Crippen molar-refractivity contribution in [2.75, 3.05) is 5.32 Å². The number of aromatic nitrogens is 3.